The molecule has 0 aromatic heterocycles. The van der Waals surface area contributed by atoms with E-state index in [9.17, 15) is 9.90 Å². The summed E-state index contributed by atoms with van der Waals surface area (Å²) in [5.74, 6) is -0.206. The topological polar surface area (TPSA) is 70.0 Å². The van der Waals surface area contributed by atoms with Crippen molar-refractivity contribution in [3.05, 3.63) is 29.3 Å². The Morgan fingerprint density at radius 3 is 2.89 bits per heavy atom. The lowest BCUT2D eigenvalue weighted by atomic mass is 10.1. The van der Waals surface area contributed by atoms with Gasteiger partial charge >= 0.3 is 0 Å². The first-order chi connectivity index (χ1) is 9.02. The second-order valence-electron chi connectivity index (χ2n) is 4.93. The lowest BCUT2D eigenvalue weighted by Crippen LogP contribution is -2.50. The van der Waals surface area contributed by atoms with E-state index in [0.29, 0.717) is 24.2 Å². The van der Waals surface area contributed by atoms with Crippen LogP contribution in [0.3, 0.4) is 0 Å². The number of phenolic OH excluding ortho intramolecular Hbond substituents is 1. The van der Waals surface area contributed by atoms with Crippen LogP contribution in [0.25, 0.3) is 0 Å². The molecule has 0 saturated carbocycles. The fourth-order valence-electron chi connectivity index (χ4n) is 2.31. The van der Waals surface area contributed by atoms with Gasteiger partial charge in [-0.3, -0.25) is 4.79 Å². The lowest BCUT2D eigenvalue weighted by molar-refractivity contribution is -0.0859. The molecule has 1 amide bonds. The van der Waals surface area contributed by atoms with E-state index in [1.165, 1.54) is 0 Å². The van der Waals surface area contributed by atoms with E-state index in [1.54, 1.807) is 30.0 Å². The smallest absolute Gasteiger partial charge is 0.257 e. The highest BCUT2D eigenvalue weighted by Gasteiger charge is 2.29. The van der Waals surface area contributed by atoms with Gasteiger partial charge in [-0.1, -0.05) is 12.1 Å². The molecule has 5 nitrogen and oxygen atoms in total. The van der Waals surface area contributed by atoms with Gasteiger partial charge in [-0.25, -0.2) is 0 Å². The number of nitrogens with zero attached hydrogens (tertiary/aromatic N) is 1. The average Bonchev–Trinajstić information content (AvgIpc) is 2.40. The van der Waals surface area contributed by atoms with Gasteiger partial charge in [-0.15, -0.1) is 0 Å². The number of carbonyl (C=O) groups excluding carboxylic acids is 1. The summed E-state index contributed by atoms with van der Waals surface area (Å²) in [5.41, 5.74) is 0.969. The predicted molar refractivity (Wildman–Crippen MR) is 70.2 cm³/mol. The molecule has 0 aliphatic carbocycles. The van der Waals surface area contributed by atoms with E-state index in [1.807, 2.05) is 6.92 Å². The highest BCUT2D eigenvalue weighted by molar-refractivity contribution is 5.97. The van der Waals surface area contributed by atoms with Gasteiger partial charge in [0.05, 0.1) is 24.4 Å². The summed E-state index contributed by atoms with van der Waals surface area (Å²) in [4.78, 5) is 14.0. The number of benzene rings is 1. The van der Waals surface area contributed by atoms with Crippen LogP contribution in [0.2, 0.25) is 0 Å². The molecule has 1 saturated heterocycles. The van der Waals surface area contributed by atoms with Gasteiger partial charge in [0.1, 0.15) is 5.75 Å². The van der Waals surface area contributed by atoms with E-state index in [4.69, 9.17) is 9.84 Å². The van der Waals surface area contributed by atoms with Crippen molar-refractivity contribution < 1.29 is 19.7 Å². The summed E-state index contributed by atoms with van der Waals surface area (Å²) in [5, 5.41) is 19.1. The van der Waals surface area contributed by atoms with E-state index in [2.05, 4.69) is 0 Å². The van der Waals surface area contributed by atoms with E-state index >= 15 is 0 Å². The molecule has 2 N–H and O–H groups in total. The average molecular weight is 265 g/mol. The molecule has 0 spiro atoms. The maximum absolute atomic E-state index is 12.4. The minimum absolute atomic E-state index is 0.0205. The summed E-state index contributed by atoms with van der Waals surface area (Å²) < 4.78 is 5.50. The second kappa shape index (κ2) is 5.59. The van der Waals surface area contributed by atoms with Crippen molar-refractivity contribution in [1.29, 1.82) is 0 Å². The zero-order valence-electron chi connectivity index (χ0n) is 11.2. The number of aromatic hydroxyl groups is 1. The molecular formula is C14H19NO4. The monoisotopic (exact) mass is 265 g/mol. The van der Waals surface area contributed by atoms with Crippen LogP contribution in [0.4, 0.5) is 0 Å². The molecule has 2 atom stereocenters. The number of hydrogen-bond donors (Lipinski definition) is 2. The summed E-state index contributed by atoms with van der Waals surface area (Å²) in [7, 11) is 0. The number of amides is 1. The largest absolute Gasteiger partial charge is 0.507 e. The third-order valence-electron chi connectivity index (χ3n) is 3.29. The molecule has 0 radical (unpaired) electrons. The summed E-state index contributed by atoms with van der Waals surface area (Å²) in [6, 6.07) is 5.11. The normalized spacial score (nSPS) is 23.4. The molecule has 5 heteroatoms. The van der Waals surface area contributed by atoms with Crippen molar-refractivity contribution in [1.82, 2.24) is 4.90 Å². The van der Waals surface area contributed by atoms with E-state index in [-0.39, 0.29) is 30.5 Å². The number of aliphatic hydroxyl groups is 1. The maximum atomic E-state index is 12.4. The molecule has 2 unspecified atom stereocenters. The van der Waals surface area contributed by atoms with Gasteiger partial charge in [-0.2, -0.15) is 0 Å². The summed E-state index contributed by atoms with van der Waals surface area (Å²) >= 11 is 0. The number of ether oxygens (including phenoxy) is 1. The van der Waals surface area contributed by atoms with Crippen molar-refractivity contribution in [3.63, 3.8) is 0 Å². The van der Waals surface area contributed by atoms with Crippen molar-refractivity contribution in [2.75, 3.05) is 19.7 Å². The highest BCUT2D eigenvalue weighted by atomic mass is 16.5. The SMILES string of the molecule is Cc1cccc(C(=O)N2CC(C)OC(CO)C2)c1O. The summed E-state index contributed by atoms with van der Waals surface area (Å²) in [6.07, 6.45) is -0.485. The van der Waals surface area contributed by atoms with Gasteiger partial charge < -0.3 is 19.8 Å². The number of aliphatic hydroxyl groups excluding tert-OH is 1. The van der Waals surface area contributed by atoms with Crippen molar-refractivity contribution >= 4 is 5.91 Å². The van der Waals surface area contributed by atoms with Crippen LogP contribution in [0.15, 0.2) is 18.2 Å². The Kier molecular flexibility index (Phi) is 4.07. The molecule has 1 heterocycles. The zero-order chi connectivity index (χ0) is 14.0. The Labute approximate surface area is 112 Å². The van der Waals surface area contributed by atoms with Crippen molar-refractivity contribution in [2.24, 2.45) is 0 Å². The first-order valence-electron chi connectivity index (χ1n) is 6.37. The molecule has 1 aliphatic heterocycles. The van der Waals surface area contributed by atoms with Crippen LogP contribution < -0.4 is 0 Å². The minimum Gasteiger partial charge on any atom is -0.507 e. The molecule has 19 heavy (non-hydrogen) atoms. The number of phenols is 1. The first kappa shape index (κ1) is 13.8. The van der Waals surface area contributed by atoms with E-state index in [0.717, 1.165) is 0 Å². The van der Waals surface area contributed by atoms with Crippen LogP contribution in [0.5, 0.6) is 5.75 Å². The number of carbonyl (C=O) groups is 1. The molecule has 2 rings (SSSR count). The van der Waals surface area contributed by atoms with Gasteiger partial charge in [0.15, 0.2) is 0 Å². The molecule has 1 aromatic rings. The molecule has 1 aliphatic rings. The molecule has 0 bridgehead atoms. The number of morpholine rings is 1. The Balaban J connectivity index is 2.21. The maximum Gasteiger partial charge on any atom is 0.257 e. The van der Waals surface area contributed by atoms with Crippen LogP contribution in [0.1, 0.15) is 22.8 Å². The fraction of sp³-hybridized carbons (Fsp3) is 0.500. The quantitative estimate of drug-likeness (QED) is 0.834. The van der Waals surface area contributed by atoms with Crippen LogP contribution in [0, 0.1) is 6.92 Å². The third-order valence-corrected chi connectivity index (χ3v) is 3.29. The highest BCUT2D eigenvalue weighted by Crippen LogP contribution is 2.24. The molecule has 1 fully saturated rings. The third kappa shape index (κ3) is 2.88. The standard InChI is InChI=1S/C14H19NO4/c1-9-4-3-5-12(13(9)17)14(18)15-6-10(2)19-11(7-15)8-16/h3-5,10-11,16-17H,6-8H2,1-2H3. The van der Waals surface area contributed by atoms with Crippen LogP contribution in [-0.2, 0) is 4.74 Å². The van der Waals surface area contributed by atoms with Gasteiger partial charge in [-0.05, 0) is 25.5 Å². The van der Waals surface area contributed by atoms with Gasteiger partial charge in [0, 0.05) is 13.1 Å². The van der Waals surface area contributed by atoms with E-state index < -0.39 is 0 Å². The second-order valence-corrected chi connectivity index (χ2v) is 4.93. The number of para-hydroxylation sites is 1. The Bertz CT molecular complexity index is 475. The number of hydrogen-bond acceptors (Lipinski definition) is 4. The summed E-state index contributed by atoms with van der Waals surface area (Å²) in [6.45, 7) is 4.30. The minimum atomic E-state index is -0.361. The fourth-order valence-corrected chi connectivity index (χ4v) is 2.31. The lowest BCUT2D eigenvalue weighted by Gasteiger charge is -2.36. The number of aryl methyl sites for hydroxylation is 1. The molecule has 1 aromatic carbocycles. The Morgan fingerprint density at radius 1 is 1.47 bits per heavy atom. The van der Waals surface area contributed by atoms with Crippen molar-refractivity contribution in [3.8, 4) is 5.75 Å². The predicted octanol–water partition coefficient (Wildman–Crippen LogP) is 0.922. The Morgan fingerprint density at radius 2 is 2.21 bits per heavy atom. The molecule has 104 valence electrons. The van der Waals surface area contributed by atoms with Gasteiger partial charge in [0.25, 0.3) is 5.91 Å². The van der Waals surface area contributed by atoms with Gasteiger partial charge in [0.2, 0.25) is 0 Å². The van der Waals surface area contributed by atoms with Crippen LogP contribution in [-0.4, -0.2) is 52.9 Å². The van der Waals surface area contributed by atoms with Crippen LogP contribution >= 0.6 is 0 Å². The zero-order valence-corrected chi connectivity index (χ0v) is 11.2. The molecular weight excluding hydrogens is 246 g/mol. The first-order valence-corrected chi connectivity index (χ1v) is 6.37. The van der Waals surface area contributed by atoms with Crippen molar-refractivity contribution in [2.45, 2.75) is 26.1 Å². The Hall–Kier alpha value is -1.59. The number of rotatable bonds is 2.